The number of fused-ring (bicyclic) bond motifs is 7. The van der Waals surface area contributed by atoms with Crippen LogP contribution in [0, 0.1) is 0 Å². The third kappa shape index (κ3) is 4.92. The zero-order valence-corrected chi connectivity index (χ0v) is 31.0. The summed E-state index contributed by atoms with van der Waals surface area (Å²) in [7, 11) is 0. The molecule has 0 heteroatoms. The molecule has 0 spiro atoms. The summed E-state index contributed by atoms with van der Waals surface area (Å²) < 4.78 is 0. The van der Waals surface area contributed by atoms with E-state index in [1.54, 1.807) is 0 Å². The van der Waals surface area contributed by atoms with Gasteiger partial charge in [0.2, 0.25) is 0 Å². The van der Waals surface area contributed by atoms with Gasteiger partial charge in [-0.2, -0.15) is 0 Å². The van der Waals surface area contributed by atoms with Crippen molar-refractivity contribution < 1.29 is 0 Å². The molecule has 10 aromatic carbocycles. The monoisotopic (exact) mass is 698 g/mol. The molecule has 1 aliphatic rings. The van der Waals surface area contributed by atoms with Gasteiger partial charge in [0.25, 0.3) is 0 Å². The highest BCUT2D eigenvalue weighted by Crippen LogP contribution is 2.52. The first-order chi connectivity index (χ1) is 27.0. The second-order valence-electron chi connectivity index (χ2n) is 15.7. The molecule has 11 rings (SSSR count). The van der Waals surface area contributed by atoms with Crippen LogP contribution in [0.15, 0.2) is 194 Å². The maximum Gasteiger partial charge on any atom is 0.0159 e. The van der Waals surface area contributed by atoms with Gasteiger partial charge in [0.15, 0.2) is 0 Å². The van der Waals surface area contributed by atoms with Gasteiger partial charge in [-0.3, -0.25) is 0 Å². The Kier molecular flexibility index (Phi) is 7.00. The van der Waals surface area contributed by atoms with Crippen molar-refractivity contribution in [2.45, 2.75) is 19.3 Å². The normalized spacial score (nSPS) is 13.1. The molecule has 0 bridgehead atoms. The minimum atomic E-state index is -0.0947. The van der Waals surface area contributed by atoms with E-state index in [0.29, 0.717) is 0 Å². The molecule has 0 atom stereocenters. The van der Waals surface area contributed by atoms with Gasteiger partial charge in [-0.05, 0) is 134 Å². The first kappa shape index (κ1) is 31.7. The van der Waals surface area contributed by atoms with E-state index in [4.69, 9.17) is 0 Å². The Hall–Kier alpha value is -6.76. The third-order valence-corrected chi connectivity index (χ3v) is 12.2. The highest BCUT2D eigenvalue weighted by Gasteiger charge is 2.35. The average molecular weight is 699 g/mol. The van der Waals surface area contributed by atoms with Gasteiger partial charge in [-0.15, -0.1) is 0 Å². The molecule has 0 N–H and O–H groups in total. The summed E-state index contributed by atoms with van der Waals surface area (Å²) >= 11 is 0. The lowest BCUT2D eigenvalue weighted by atomic mass is 9.80. The molecule has 0 aliphatic heterocycles. The summed E-state index contributed by atoms with van der Waals surface area (Å²) in [5.74, 6) is 0. The van der Waals surface area contributed by atoms with Gasteiger partial charge in [-0.25, -0.2) is 0 Å². The van der Waals surface area contributed by atoms with Crippen molar-refractivity contribution in [3.8, 4) is 55.6 Å². The Morgan fingerprint density at radius 3 is 1.51 bits per heavy atom. The summed E-state index contributed by atoms with van der Waals surface area (Å²) in [4.78, 5) is 0. The third-order valence-electron chi connectivity index (χ3n) is 12.2. The maximum atomic E-state index is 2.49. The number of benzene rings is 10. The fourth-order valence-corrected chi connectivity index (χ4v) is 9.50. The van der Waals surface area contributed by atoms with E-state index in [9.17, 15) is 0 Å². The van der Waals surface area contributed by atoms with Gasteiger partial charge < -0.3 is 0 Å². The number of rotatable bonds is 4. The van der Waals surface area contributed by atoms with Gasteiger partial charge in [-0.1, -0.05) is 184 Å². The highest BCUT2D eigenvalue weighted by molar-refractivity contribution is 6.23. The molecule has 0 fully saturated rings. The molecule has 1 aliphatic carbocycles. The predicted octanol–water partition coefficient (Wildman–Crippen LogP) is 15.3. The molecule has 0 radical (unpaired) electrons. The van der Waals surface area contributed by atoms with Crippen molar-refractivity contribution in [1.82, 2.24) is 0 Å². The van der Waals surface area contributed by atoms with Crippen LogP contribution in [0.3, 0.4) is 0 Å². The predicted molar refractivity (Wildman–Crippen MR) is 236 cm³/mol. The summed E-state index contributed by atoms with van der Waals surface area (Å²) in [6.07, 6.45) is 0. The van der Waals surface area contributed by atoms with Gasteiger partial charge in [0.05, 0.1) is 0 Å². The minimum Gasteiger partial charge on any atom is -0.0619 e. The van der Waals surface area contributed by atoms with E-state index in [1.807, 2.05) is 0 Å². The van der Waals surface area contributed by atoms with Crippen molar-refractivity contribution in [3.63, 3.8) is 0 Å². The SMILES string of the molecule is CC1(C)c2ccccc2-c2ccc(-c3c4ccccc4c(-c4ccccc4-c4ccc5ccccc5c4)c4ccc(-c5ccc6ccccc6c5)cc34)cc21. The number of hydrogen-bond donors (Lipinski definition) is 0. The molecule has 55 heavy (non-hydrogen) atoms. The summed E-state index contributed by atoms with van der Waals surface area (Å²) in [6.45, 7) is 4.75. The Morgan fingerprint density at radius 2 is 0.764 bits per heavy atom. The van der Waals surface area contributed by atoms with E-state index < -0.39 is 0 Å². The van der Waals surface area contributed by atoms with Crippen molar-refractivity contribution >= 4 is 43.1 Å². The molecule has 0 amide bonds. The van der Waals surface area contributed by atoms with Gasteiger partial charge >= 0.3 is 0 Å². The average Bonchev–Trinajstić information content (AvgIpc) is 3.47. The molecule has 0 saturated heterocycles. The second-order valence-corrected chi connectivity index (χ2v) is 15.7. The Labute approximate surface area is 322 Å². The van der Waals surface area contributed by atoms with Crippen LogP contribution in [0.1, 0.15) is 25.0 Å². The van der Waals surface area contributed by atoms with Crippen LogP contribution in [-0.2, 0) is 5.41 Å². The van der Waals surface area contributed by atoms with Crippen molar-refractivity contribution in [1.29, 1.82) is 0 Å². The van der Waals surface area contributed by atoms with Crippen LogP contribution in [0.5, 0.6) is 0 Å². The van der Waals surface area contributed by atoms with E-state index >= 15 is 0 Å². The molecule has 0 nitrogen and oxygen atoms in total. The zero-order valence-electron chi connectivity index (χ0n) is 31.0. The number of hydrogen-bond acceptors (Lipinski definition) is 0. The molecular formula is C55H38. The fourth-order valence-electron chi connectivity index (χ4n) is 9.50. The second kappa shape index (κ2) is 12.1. The van der Waals surface area contributed by atoms with Gasteiger partial charge in [0.1, 0.15) is 0 Å². The zero-order chi connectivity index (χ0) is 36.7. The van der Waals surface area contributed by atoms with Crippen LogP contribution < -0.4 is 0 Å². The Balaban J connectivity index is 1.22. The molecule has 10 aromatic rings. The quantitative estimate of drug-likeness (QED) is 0.161. The largest absolute Gasteiger partial charge is 0.0619 e. The Morgan fingerprint density at radius 1 is 0.273 bits per heavy atom. The molecule has 0 aromatic heterocycles. The van der Waals surface area contributed by atoms with Crippen LogP contribution >= 0.6 is 0 Å². The molecule has 0 saturated carbocycles. The smallest absolute Gasteiger partial charge is 0.0159 e. The van der Waals surface area contributed by atoms with Crippen molar-refractivity contribution in [2.75, 3.05) is 0 Å². The fraction of sp³-hybridized carbons (Fsp3) is 0.0545. The summed E-state index contributed by atoms with van der Waals surface area (Å²) in [5.41, 5.74) is 15.4. The maximum absolute atomic E-state index is 2.49. The lowest BCUT2D eigenvalue weighted by molar-refractivity contribution is 0.660. The van der Waals surface area contributed by atoms with Crippen molar-refractivity contribution in [3.05, 3.63) is 205 Å². The van der Waals surface area contributed by atoms with E-state index in [-0.39, 0.29) is 5.41 Å². The van der Waals surface area contributed by atoms with Crippen LogP contribution in [0.4, 0.5) is 0 Å². The van der Waals surface area contributed by atoms with E-state index in [2.05, 4.69) is 208 Å². The first-order valence-corrected chi connectivity index (χ1v) is 19.3. The Bertz CT molecular complexity index is 3180. The first-order valence-electron chi connectivity index (χ1n) is 19.3. The lowest BCUT2D eigenvalue weighted by Crippen LogP contribution is -2.14. The highest BCUT2D eigenvalue weighted by atomic mass is 14.4. The van der Waals surface area contributed by atoms with Gasteiger partial charge in [0, 0.05) is 5.41 Å². The van der Waals surface area contributed by atoms with Crippen LogP contribution in [-0.4, -0.2) is 0 Å². The lowest BCUT2D eigenvalue weighted by Gasteiger charge is -2.23. The minimum absolute atomic E-state index is 0.0947. The van der Waals surface area contributed by atoms with Crippen LogP contribution in [0.2, 0.25) is 0 Å². The molecule has 0 unspecified atom stereocenters. The topological polar surface area (TPSA) is 0 Å². The molecule has 0 heterocycles. The summed E-state index contributed by atoms with van der Waals surface area (Å²) in [6, 6.07) is 72.4. The van der Waals surface area contributed by atoms with Crippen LogP contribution in [0.25, 0.3) is 98.7 Å². The van der Waals surface area contributed by atoms with Crippen molar-refractivity contribution in [2.24, 2.45) is 0 Å². The van der Waals surface area contributed by atoms with E-state index in [0.717, 1.165) is 0 Å². The summed E-state index contributed by atoms with van der Waals surface area (Å²) in [5, 5.41) is 10.1. The standard InChI is InChI=1S/C55H38/c1-55(2)51-22-12-11-18-44(51)45-29-28-42(34-52(45)55)53-47-20-9-10-21-48(47)54(46-19-8-7-17-43(46)41-26-24-36-14-4-6-16-38(36)32-41)49-30-27-40(33-50(49)53)39-25-23-35-13-3-5-15-37(35)31-39/h3-34H,1-2H3. The molecule has 258 valence electrons. The van der Waals surface area contributed by atoms with E-state index in [1.165, 1.54) is 110 Å². The molecular weight excluding hydrogens is 661 g/mol.